The Morgan fingerprint density at radius 1 is 1.21 bits per heavy atom. The van der Waals surface area contributed by atoms with E-state index in [0.717, 1.165) is 48.2 Å². The molecule has 3 aromatic rings. The van der Waals surface area contributed by atoms with Crippen molar-refractivity contribution >= 4 is 11.6 Å². The van der Waals surface area contributed by atoms with Crippen LogP contribution in [0.25, 0.3) is 0 Å². The van der Waals surface area contributed by atoms with Gasteiger partial charge in [-0.25, -0.2) is 13.2 Å². The molecule has 1 amide bonds. The Labute approximate surface area is 224 Å². The molecule has 2 aliphatic rings. The molecule has 5 rings (SSSR count). The first-order valence-electron chi connectivity index (χ1n) is 13.2. The number of carbonyl (C=O) groups excluding carboxylic acids is 1. The van der Waals surface area contributed by atoms with Crippen LogP contribution in [-0.4, -0.2) is 38.2 Å². The van der Waals surface area contributed by atoms with Gasteiger partial charge in [-0.2, -0.15) is 0 Å². The Kier molecular flexibility index (Phi) is 7.13. The van der Waals surface area contributed by atoms with Crippen LogP contribution in [0.4, 0.5) is 18.9 Å². The molecule has 0 aliphatic heterocycles. The summed E-state index contributed by atoms with van der Waals surface area (Å²) < 4.78 is 44.0. The summed E-state index contributed by atoms with van der Waals surface area (Å²) >= 11 is 0. The number of nitrogens with zero attached hydrogens (tertiary/aromatic N) is 4. The summed E-state index contributed by atoms with van der Waals surface area (Å²) in [4.78, 5) is 26.2. The maximum atomic E-state index is 15.0. The van der Waals surface area contributed by atoms with Crippen LogP contribution < -0.4 is 16.2 Å². The Bertz CT molecular complexity index is 1440. The van der Waals surface area contributed by atoms with Gasteiger partial charge in [0, 0.05) is 19.8 Å². The third-order valence-electron chi connectivity index (χ3n) is 7.65. The number of carbonyl (C=O) groups is 1. The monoisotopic (exact) mass is 542 g/mol. The Hall–Kier alpha value is -3.47. The van der Waals surface area contributed by atoms with Crippen LogP contribution in [0.5, 0.6) is 0 Å². The fourth-order valence-corrected chi connectivity index (χ4v) is 5.88. The smallest absolute Gasteiger partial charge is 0.263 e. The second kappa shape index (κ2) is 10.3. The SMILES string of the molecule is Cn1cnnc1C1(c2ccc(F)c(NC(=O)c3cc(CNCC4CC4)cn(CC(F)F)c3=O)c2)CC(C)(C)C1. The van der Waals surface area contributed by atoms with E-state index in [4.69, 9.17) is 0 Å². The summed E-state index contributed by atoms with van der Waals surface area (Å²) in [5.41, 5.74) is -0.464. The zero-order valence-corrected chi connectivity index (χ0v) is 22.3. The number of hydrogen-bond acceptors (Lipinski definition) is 5. The van der Waals surface area contributed by atoms with Gasteiger partial charge in [0.1, 0.15) is 23.5 Å². The van der Waals surface area contributed by atoms with E-state index < -0.39 is 35.7 Å². The third-order valence-corrected chi connectivity index (χ3v) is 7.65. The summed E-state index contributed by atoms with van der Waals surface area (Å²) in [5, 5.41) is 14.1. The van der Waals surface area contributed by atoms with Gasteiger partial charge in [-0.05, 0) is 72.9 Å². The van der Waals surface area contributed by atoms with Crippen molar-refractivity contribution in [2.45, 2.75) is 64.5 Å². The number of anilines is 1. The zero-order chi connectivity index (χ0) is 27.9. The van der Waals surface area contributed by atoms with Gasteiger partial charge in [-0.1, -0.05) is 19.9 Å². The molecule has 208 valence electrons. The van der Waals surface area contributed by atoms with Gasteiger partial charge in [0.05, 0.1) is 17.6 Å². The first-order chi connectivity index (χ1) is 18.5. The van der Waals surface area contributed by atoms with Crippen molar-refractivity contribution in [3.8, 4) is 0 Å². The Balaban J connectivity index is 1.45. The van der Waals surface area contributed by atoms with Crippen molar-refractivity contribution in [1.29, 1.82) is 0 Å². The van der Waals surface area contributed by atoms with Gasteiger partial charge in [-0.3, -0.25) is 9.59 Å². The molecule has 0 radical (unpaired) electrons. The lowest BCUT2D eigenvalue weighted by atomic mass is 9.51. The number of aromatic nitrogens is 4. The minimum absolute atomic E-state index is 0.0352. The van der Waals surface area contributed by atoms with E-state index in [1.54, 1.807) is 18.5 Å². The molecule has 0 spiro atoms. The molecule has 0 atom stereocenters. The highest BCUT2D eigenvalue weighted by Crippen LogP contribution is 2.58. The lowest BCUT2D eigenvalue weighted by Gasteiger charge is -2.52. The third kappa shape index (κ3) is 5.63. The predicted octanol–water partition coefficient (Wildman–Crippen LogP) is 4.24. The van der Waals surface area contributed by atoms with Crippen LogP contribution >= 0.6 is 0 Å². The van der Waals surface area contributed by atoms with E-state index >= 15 is 0 Å². The summed E-state index contributed by atoms with van der Waals surface area (Å²) in [7, 11) is 1.85. The minimum atomic E-state index is -2.77. The number of nitrogens with one attached hydrogen (secondary N) is 2. The second-order valence-corrected chi connectivity index (χ2v) is 11.7. The van der Waals surface area contributed by atoms with Crippen molar-refractivity contribution < 1.29 is 18.0 Å². The summed E-state index contributed by atoms with van der Waals surface area (Å²) in [6.45, 7) is 4.54. The minimum Gasteiger partial charge on any atom is -0.320 e. The van der Waals surface area contributed by atoms with Crippen molar-refractivity contribution in [2.24, 2.45) is 18.4 Å². The molecule has 11 heteroatoms. The number of rotatable bonds is 10. The van der Waals surface area contributed by atoms with Gasteiger partial charge >= 0.3 is 0 Å². The average Bonchev–Trinajstić information content (AvgIpc) is 3.57. The van der Waals surface area contributed by atoms with E-state index in [9.17, 15) is 22.8 Å². The highest BCUT2D eigenvalue weighted by atomic mass is 19.3. The number of aryl methyl sites for hydroxylation is 1. The first-order valence-corrected chi connectivity index (χ1v) is 13.2. The average molecular weight is 543 g/mol. The molecule has 0 saturated heterocycles. The van der Waals surface area contributed by atoms with E-state index in [1.165, 1.54) is 18.3 Å². The molecule has 2 heterocycles. The van der Waals surface area contributed by atoms with Gasteiger partial charge in [-0.15, -0.1) is 10.2 Å². The van der Waals surface area contributed by atoms with Crippen LogP contribution in [0.15, 0.2) is 41.6 Å². The molecule has 2 aromatic heterocycles. The lowest BCUT2D eigenvalue weighted by molar-refractivity contribution is 0.0790. The zero-order valence-electron chi connectivity index (χ0n) is 22.3. The Morgan fingerprint density at radius 2 is 1.95 bits per heavy atom. The number of alkyl halides is 2. The number of benzene rings is 1. The topological polar surface area (TPSA) is 93.8 Å². The molecular formula is C28H33F3N6O2. The van der Waals surface area contributed by atoms with Crippen LogP contribution in [0.2, 0.25) is 0 Å². The standard InChI is InChI=1S/C28H33F3N6O2/c1-27(2)14-28(15-27,26-35-33-16-36(26)3)19-6-7-21(29)22(9-19)34-24(38)20-8-18(11-32-10-17-4-5-17)12-37(25(20)39)13-23(30)31/h6-9,12,16-17,23,32H,4-5,10-11,13-15H2,1-3H3,(H,34,38). The summed E-state index contributed by atoms with van der Waals surface area (Å²) in [5.74, 6) is -0.188. The van der Waals surface area contributed by atoms with Crippen molar-refractivity contribution in [1.82, 2.24) is 24.6 Å². The van der Waals surface area contributed by atoms with Gasteiger partial charge < -0.3 is 19.8 Å². The van der Waals surface area contributed by atoms with Crippen LogP contribution in [0, 0.1) is 17.2 Å². The van der Waals surface area contributed by atoms with Gasteiger partial charge in [0.15, 0.2) is 0 Å². The number of halogens is 3. The van der Waals surface area contributed by atoms with E-state index in [1.807, 2.05) is 11.6 Å². The van der Waals surface area contributed by atoms with Crippen LogP contribution in [0.3, 0.4) is 0 Å². The normalized spacial score (nSPS) is 17.7. The van der Waals surface area contributed by atoms with Crippen molar-refractivity contribution in [2.75, 3.05) is 11.9 Å². The summed E-state index contributed by atoms with van der Waals surface area (Å²) in [6, 6.07) is 5.91. The Morgan fingerprint density at radius 3 is 2.56 bits per heavy atom. The number of pyridine rings is 1. The van der Waals surface area contributed by atoms with E-state index in [2.05, 4.69) is 34.7 Å². The maximum Gasteiger partial charge on any atom is 0.263 e. The fraction of sp³-hybridized carbons (Fsp3) is 0.500. The number of amides is 1. The summed E-state index contributed by atoms with van der Waals surface area (Å²) in [6.07, 6.45) is 3.98. The second-order valence-electron chi connectivity index (χ2n) is 11.7. The number of hydrogen-bond donors (Lipinski definition) is 2. The first kappa shape index (κ1) is 27.1. The molecule has 39 heavy (non-hydrogen) atoms. The van der Waals surface area contributed by atoms with E-state index in [-0.39, 0.29) is 16.7 Å². The van der Waals surface area contributed by atoms with Gasteiger partial charge in [0.2, 0.25) is 0 Å². The highest BCUT2D eigenvalue weighted by molar-refractivity contribution is 6.04. The van der Waals surface area contributed by atoms with Crippen LogP contribution in [0.1, 0.15) is 66.8 Å². The molecule has 0 bridgehead atoms. The maximum absolute atomic E-state index is 15.0. The quantitative estimate of drug-likeness (QED) is 0.400. The molecule has 0 unspecified atom stereocenters. The van der Waals surface area contributed by atoms with Crippen LogP contribution in [-0.2, 0) is 25.6 Å². The highest BCUT2D eigenvalue weighted by Gasteiger charge is 2.54. The fourth-order valence-electron chi connectivity index (χ4n) is 5.88. The molecular weight excluding hydrogens is 509 g/mol. The molecule has 2 N–H and O–H groups in total. The predicted molar refractivity (Wildman–Crippen MR) is 140 cm³/mol. The van der Waals surface area contributed by atoms with E-state index in [0.29, 0.717) is 18.0 Å². The van der Waals surface area contributed by atoms with Crippen molar-refractivity contribution in [3.05, 3.63) is 75.5 Å². The molecule has 2 saturated carbocycles. The molecule has 2 aliphatic carbocycles. The largest absolute Gasteiger partial charge is 0.320 e. The van der Waals surface area contributed by atoms with Gasteiger partial charge in [0.25, 0.3) is 17.9 Å². The lowest BCUT2D eigenvalue weighted by Crippen LogP contribution is -2.49. The molecule has 2 fully saturated rings. The van der Waals surface area contributed by atoms with Crippen molar-refractivity contribution in [3.63, 3.8) is 0 Å². The molecule has 8 nitrogen and oxygen atoms in total. The molecule has 1 aromatic carbocycles.